The van der Waals surface area contributed by atoms with E-state index in [2.05, 4.69) is 5.32 Å². The summed E-state index contributed by atoms with van der Waals surface area (Å²) in [4.78, 5) is 24.5. The molecule has 0 aliphatic heterocycles. The number of rotatable bonds is 4. The summed E-state index contributed by atoms with van der Waals surface area (Å²) in [5.74, 6) is -0.817. The SMILES string of the molecule is CC(=O)N(CC(=O)Nc1cccc(C(F)(F)F)c1)C(C)C. The van der Waals surface area contributed by atoms with Gasteiger partial charge in [-0.3, -0.25) is 9.59 Å². The van der Waals surface area contributed by atoms with Gasteiger partial charge in [0.05, 0.1) is 5.56 Å². The molecule has 0 aliphatic rings. The van der Waals surface area contributed by atoms with E-state index in [9.17, 15) is 22.8 Å². The third-order valence-corrected chi connectivity index (χ3v) is 2.82. The molecule has 116 valence electrons. The van der Waals surface area contributed by atoms with Gasteiger partial charge in [0, 0.05) is 18.7 Å². The maximum atomic E-state index is 12.6. The summed E-state index contributed by atoms with van der Waals surface area (Å²) in [6.07, 6.45) is -4.47. The molecule has 1 aromatic carbocycles. The highest BCUT2D eigenvalue weighted by molar-refractivity contribution is 5.94. The average Bonchev–Trinajstić information content (AvgIpc) is 2.34. The van der Waals surface area contributed by atoms with Crippen LogP contribution in [0.4, 0.5) is 18.9 Å². The van der Waals surface area contributed by atoms with Crippen LogP contribution in [0, 0.1) is 0 Å². The number of benzene rings is 1. The Morgan fingerprint density at radius 2 is 1.90 bits per heavy atom. The topological polar surface area (TPSA) is 49.4 Å². The molecule has 0 unspecified atom stereocenters. The first-order valence-electron chi connectivity index (χ1n) is 6.35. The van der Waals surface area contributed by atoms with Crippen LogP contribution < -0.4 is 5.32 Å². The summed E-state index contributed by atoms with van der Waals surface area (Å²) in [6.45, 7) is 4.62. The summed E-state index contributed by atoms with van der Waals surface area (Å²) in [6, 6.07) is 4.18. The Morgan fingerprint density at radius 1 is 1.29 bits per heavy atom. The number of hydrogen-bond acceptors (Lipinski definition) is 2. The number of carbonyl (C=O) groups is 2. The number of carbonyl (C=O) groups excluding carboxylic acids is 2. The summed E-state index contributed by atoms with van der Waals surface area (Å²) < 4.78 is 37.7. The number of halogens is 3. The standard InChI is InChI=1S/C14H17F3N2O2/c1-9(2)19(10(3)20)8-13(21)18-12-6-4-5-11(7-12)14(15,16)17/h4-7,9H,8H2,1-3H3,(H,18,21). The molecule has 0 aromatic heterocycles. The lowest BCUT2D eigenvalue weighted by atomic mass is 10.2. The van der Waals surface area contributed by atoms with Crippen molar-refractivity contribution in [2.24, 2.45) is 0 Å². The van der Waals surface area contributed by atoms with Crippen LogP contribution >= 0.6 is 0 Å². The lowest BCUT2D eigenvalue weighted by molar-refractivity contribution is -0.137. The van der Waals surface area contributed by atoms with Crippen molar-refractivity contribution < 1.29 is 22.8 Å². The fourth-order valence-corrected chi connectivity index (χ4v) is 1.79. The van der Waals surface area contributed by atoms with Crippen molar-refractivity contribution in [2.45, 2.75) is 33.0 Å². The Balaban J connectivity index is 2.77. The van der Waals surface area contributed by atoms with Crippen LogP contribution in [0.25, 0.3) is 0 Å². The summed E-state index contributed by atoms with van der Waals surface area (Å²) in [5, 5.41) is 2.36. The lowest BCUT2D eigenvalue weighted by Gasteiger charge is -2.24. The van der Waals surface area contributed by atoms with Gasteiger partial charge in [0.25, 0.3) is 0 Å². The molecule has 0 spiro atoms. The number of nitrogens with zero attached hydrogens (tertiary/aromatic N) is 1. The smallest absolute Gasteiger partial charge is 0.331 e. The van der Waals surface area contributed by atoms with Crippen molar-refractivity contribution in [1.29, 1.82) is 0 Å². The van der Waals surface area contributed by atoms with E-state index in [1.165, 1.54) is 24.0 Å². The molecule has 0 atom stereocenters. The van der Waals surface area contributed by atoms with E-state index in [1.54, 1.807) is 13.8 Å². The molecule has 1 rings (SSSR count). The molecular formula is C14H17F3N2O2. The molecule has 7 heteroatoms. The zero-order valence-corrected chi connectivity index (χ0v) is 12.0. The third kappa shape index (κ3) is 5.09. The summed E-state index contributed by atoms with van der Waals surface area (Å²) in [5.41, 5.74) is -0.797. The minimum Gasteiger partial charge on any atom is -0.331 e. The second kappa shape index (κ2) is 6.60. The fraction of sp³-hybridized carbons (Fsp3) is 0.429. The highest BCUT2D eigenvalue weighted by atomic mass is 19.4. The fourth-order valence-electron chi connectivity index (χ4n) is 1.79. The van der Waals surface area contributed by atoms with Gasteiger partial charge in [-0.15, -0.1) is 0 Å². The Kier molecular flexibility index (Phi) is 5.34. The minimum atomic E-state index is -4.47. The van der Waals surface area contributed by atoms with Crippen LogP contribution in [0.15, 0.2) is 24.3 Å². The lowest BCUT2D eigenvalue weighted by Crippen LogP contribution is -2.41. The first-order chi connectivity index (χ1) is 9.61. The van der Waals surface area contributed by atoms with E-state index in [4.69, 9.17) is 0 Å². The molecule has 1 aromatic rings. The Labute approximate surface area is 120 Å². The Hall–Kier alpha value is -2.05. The minimum absolute atomic E-state index is 0.0436. The molecule has 4 nitrogen and oxygen atoms in total. The van der Waals surface area contributed by atoms with E-state index in [0.29, 0.717) is 0 Å². The molecule has 1 N–H and O–H groups in total. The number of nitrogens with one attached hydrogen (secondary N) is 1. The monoisotopic (exact) mass is 302 g/mol. The van der Waals surface area contributed by atoms with Crippen LogP contribution in [0.2, 0.25) is 0 Å². The van der Waals surface area contributed by atoms with Gasteiger partial charge in [-0.25, -0.2) is 0 Å². The predicted molar refractivity (Wildman–Crippen MR) is 72.6 cm³/mol. The number of anilines is 1. The van der Waals surface area contributed by atoms with Gasteiger partial charge in [-0.2, -0.15) is 13.2 Å². The summed E-state index contributed by atoms with van der Waals surface area (Å²) in [7, 11) is 0. The average molecular weight is 302 g/mol. The Bertz CT molecular complexity index is 527. The zero-order valence-electron chi connectivity index (χ0n) is 12.0. The van der Waals surface area contributed by atoms with Crippen LogP contribution in [0.1, 0.15) is 26.3 Å². The molecule has 0 saturated heterocycles. The molecule has 0 heterocycles. The van der Waals surface area contributed by atoms with Gasteiger partial charge in [-0.1, -0.05) is 6.07 Å². The van der Waals surface area contributed by atoms with Gasteiger partial charge in [-0.05, 0) is 32.0 Å². The zero-order chi connectivity index (χ0) is 16.2. The maximum absolute atomic E-state index is 12.6. The van der Waals surface area contributed by atoms with E-state index >= 15 is 0 Å². The third-order valence-electron chi connectivity index (χ3n) is 2.82. The molecular weight excluding hydrogens is 285 g/mol. The molecule has 2 amide bonds. The van der Waals surface area contributed by atoms with E-state index in [0.717, 1.165) is 12.1 Å². The first kappa shape index (κ1) is 17.0. The maximum Gasteiger partial charge on any atom is 0.416 e. The van der Waals surface area contributed by atoms with Crippen LogP contribution in [-0.2, 0) is 15.8 Å². The van der Waals surface area contributed by atoms with Crippen molar-refractivity contribution in [1.82, 2.24) is 4.90 Å². The summed E-state index contributed by atoms with van der Waals surface area (Å²) >= 11 is 0. The molecule has 0 fully saturated rings. The van der Waals surface area contributed by atoms with Gasteiger partial charge in [0.1, 0.15) is 6.54 Å². The number of alkyl halides is 3. The van der Waals surface area contributed by atoms with E-state index < -0.39 is 17.6 Å². The van der Waals surface area contributed by atoms with Crippen LogP contribution in [0.5, 0.6) is 0 Å². The predicted octanol–water partition coefficient (Wildman–Crippen LogP) is 2.90. The van der Waals surface area contributed by atoms with Crippen molar-refractivity contribution in [3.8, 4) is 0 Å². The molecule has 0 radical (unpaired) electrons. The van der Waals surface area contributed by atoms with E-state index in [-0.39, 0.29) is 24.2 Å². The highest BCUT2D eigenvalue weighted by Gasteiger charge is 2.30. The first-order valence-corrected chi connectivity index (χ1v) is 6.35. The van der Waals surface area contributed by atoms with Gasteiger partial charge >= 0.3 is 6.18 Å². The quantitative estimate of drug-likeness (QED) is 0.929. The van der Waals surface area contributed by atoms with Crippen molar-refractivity contribution in [3.63, 3.8) is 0 Å². The molecule has 21 heavy (non-hydrogen) atoms. The van der Waals surface area contributed by atoms with E-state index in [1.807, 2.05) is 0 Å². The van der Waals surface area contributed by atoms with Crippen molar-refractivity contribution >= 4 is 17.5 Å². The van der Waals surface area contributed by atoms with Crippen molar-refractivity contribution in [2.75, 3.05) is 11.9 Å². The van der Waals surface area contributed by atoms with Crippen LogP contribution in [-0.4, -0.2) is 29.3 Å². The largest absolute Gasteiger partial charge is 0.416 e. The second-order valence-corrected chi connectivity index (χ2v) is 4.87. The van der Waals surface area contributed by atoms with Gasteiger partial charge in [0.2, 0.25) is 11.8 Å². The van der Waals surface area contributed by atoms with Gasteiger partial charge in [0.15, 0.2) is 0 Å². The molecule has 0 bridgehead atoms. The second-order valence-electron chi connectivity index (χ2n) is 4.87. The normalized spacial score (nSPS) is 11.4. The van der Waals surface area contributed by atoms with Crippen molar-refractivity contribution in [3.05, 3.63) is 29.8 Å². The highest BCUT2D eigenvalue weighted by Crippen LogP contribution is 2.30. The Morgan fingerprint density at radius 3 is 2.38 bits per heavy atom. The molecule has 0 saturated carbocycles. The number of amides is 2. The van der Waals surface area contributed by atoms with Gasteiger partial charge < -0.3 is 10.2 Å². The van der Waals surface area contributed by atoms with Crippen LogP contribution in [0.3, 0.4) is 0 Å². The number of hydrogen-bond donors (Lipinski definition) is 1. The molecule has 0 aliphatic carbocycles.